The fourth-order valence-electron chi connectivity index (χ4n) is 2.04. The number of aromatic nitrogens is 1. The first-order valence-corrected chi connectivity index (χ1v) is 7.57. The van der Waals surface area contributed by atoms with Crippen LogP contribution in [0.5, 0.6) is 5.75 Å². The van der Waals surface area contributed by atoms with Crippen molar-refractivity contribution < 1.29 is 5.11 Å². The SMILES string of the molecule is Oc1ccc(-n2cccc2C=Nc2ccccc2I)cc1. The molecule has 0 amide bonds. The molecule has 0 unspecified atom stereocenters. The lowest BCUT2D eigenvalue weighted by Crippen LogP contribution is -1.97. The van der Waals surface area contributed by atoms with Gasteiger partial charge in [0.2, 0.25) is 0 Å². The van der Waals surface area contributed by atoms with Gasteiger partial charge in [-0.3, -0.25) is 4.99 Å². The van der Waals surface area contributed by atoms with Crippen LogP contribution in [0.15, 0.2) is 71.9 Å². The van der Waals surface area contributed by atoms with E-state index in [1.54, 1.807) is 12.1 Å². The van der Waals surface area contributed by atoms with Crippen LogP contribution in [0.1, 0.15) is 5.69 Å². The second kappa shape index (κ2) is 6.13. The molecule has 2 aromatic carbocycles. The summed E-state index contributed by atoms with van der Waals surface area (Å²) in [6.45, 7) is 0. The molecule has 0 fully saturated rings. The van der Waals surface area contributed by atoms with Gasteiger partial charge in [0, 0.05) is 15.5 Å². The van der Waals surface area contributed by atoms with Crippen LogP contribution in [0.25, 0.3) is 5.69 Å². The molecule has 0 radical (unpaired) electrons. The van der Waals surface area contributed by atoms with Crippen molar-refractivity contribution in [3.8, 4) is 11.4 Å². The molecule has 1 aromatic heterocycles. The first kappa shape index (κ1) is 13.9. The molecule has 3 rings (SSSR count). The molecule has 0 aliphatic heterocycles. The normalized spacial score (nSPS) is 11.1. The molecule has 1 N–H and O–H groups in total. The minimum atomic E-state index is 0.264. The zero-order chi connectivity index (χ0) is 14.7. The lowest BCUT2D eigenvalue weighted by atomic mass is 10.3. The molecule has 0 saturated carbocycles. The van der Waals surface area contributed by atoms with Gasteiger partial charge in [-0.25, -0.2) is 0 Å². The van der Waals surface area contributed by atoms with Crippen LogP contribution in [-0.4, -0.2) is 15.9 Å². The Morgan fingerprint density at radius 3 is 2.48 bits per heavy atom. The lowest BCUT2D eigenvalue weighted by molar-refractivity contribution is 0.475. The van der Waals surface area contributed by atoms with Crippen molar-refractivity contribution in [2.45, 2.75) is 0 Å². The van der Waals surface area contributed by atoms with Crippen molar-refractivity contribution in [1.82, 2.24) is 4.57 Å². The lowest BCUT2D eigenvalue weighted by Gasteiger charge is -2.06. The Kier molecular flexibility index (Phi) is 4.06. The van der Waals surface area contributed by atoms with Gasteiger partial charge in [-0.05, 0) is 71.1 Å². The second-order valence-electron chi connectivity index (χ2n) is 4.53. The molecule has 0 spiro atoms. The quantitative estimate of drug-likeness (QED) is 0.519. The molecule has 0 aliphatic carbocycles. The third-order valence-electron chi connectivity index (χ3n) is 3.10. The van der Waals surface area contributed by atoms with Gasteiger partial charge in [-0.1, -0.05) is 12.1 Å². The minimum absolute atomic E-state index is 0.264. The third-order valence-corrected chi connectivity index (χ3v) is 4.01. The molecule has 104 valence electrons. The van der Waals surface area contributed by atoms with Gasteiger partial charge in [0.1, 0.15) is 5.75 Å². The average molecular weight is 388 g/mol. The number of phenols is 1. The average Bonchev–Trinajstić information content (AvgIpc) is 2.96. The maximum atomic E-state index is 9.37. The highest BCUT2D eigenvalue weighted by atomic mass is 127. The molecule has 4 heteroatoms. The summed E-state index contributed by atoms with van der Waals surface area (Å²) in [5.74, 6) is 0.264. The van der Waals surface area contributed by atoms with E-state index in [0.29, 0.717) is 0 Å². The van der Waals surface area contributed by atoms with Crippen molar-refractivity contribution in [2.75, 3.05) is 0 Å². The van der Waals surface area contributed by atoms with E-state index in [0.717, 1.165) is 20.6 Å². The summed E-state index contributed by atoms with van der Waals surface area (Å²) >= 11 is 2.28. The van der Waals surface area contributed by atoms with Gasteiger partial charge in [0.05, 0.1) is 17.6 Å². The molecule has 0 bridgehead atoms. The van der Waals surface area contributed by atoms with E-state index < -0.39 is 0 Å². The summed E-state index contributed by atoms with van der Waals surface area (Å²) in [5, 5.41) is 9.37. The van der Waals surface area contributed by atoms with Crippen molar-refractivity contribution in [3.63, 3.8) is 0 Å². The number of hydrogen-bond acceptors (Lipinski definition) is 2. The number of para-hydroxylation sites is 1. The number of halogens is 1. The molecule has 21 heavy (non-hydrogen) atoms. The molecule has 1 heterocycles. The van der Waals surface area contributed by atoms with E-state index in [1.807, 2.05) is 65.5 Å². The Balaban J connectivity index is 1.93. The Bertz CT molecular complexity index is 775. The van der Waals surface area contributed by atoms with Gasteiger partial charge in [-0.2, -0.15) is 0 Å². The summed E-state index contributed by atoms with van der Waals surface area (Å²) < 4.78 is 3.15. The van der Waals surface area contributed by atoms with Crippen LogP contribution in [0.3, 0.4) is 0 Å². The number of phenolic OH excluding ortho intramolecular Hbond substituents is 1. The number of hydrogen-bond donors (Lipinski definition) is 1. The standard InChI is InChI=1S/C17H13IN2O/c18-16-5-1-2-6-17(16)19-12-14-4-3-11-20(14)13-7-9-15(21)10-8-13/h1-12,21H. The Morgan fingerprint density at radius 2 is 1.71 bits per heavy atom. The number of rotatable bonds is 3. The topological polar surface area (TPSA) is 37.5 Å². The van der Waals surface area contributed by atoms with Crippen LogP contribution >= 0.6 is 22.6 Å². The maximum absolute atomic E-state index is 9.37. The zero-order valence-corrected chi connectivity index (χ0v) is 13.3. The van der Waals surface area contributed by atoms with E-state index in [1.165, 1.54) is 0 Å². The number of aromatic hydroxyl groups is 1. The summed E-state index contributed by atoms with van der Waals surface area (Å²) in [4.78, 5) is 4.55. The highest BCUT2D eigenvalue weighted by Crippen LogP contribution is 2.21. The van der Waals surface area contributed by atoms with Gasteiger partial charge >= 0.3 is 0 Å². The Morgan fingerprint density at radius 1 is 0.952 bits per heavy atom. The fourth-order valence-corrected chi connectivity index (χ4v) is 2.57. The molecule has 0 atom stereocenters. The van der Waals surface area contributed by atoms with Crippen molar-refractivity contribution in [3.05, 3.63) is 76.1 Å². The van der Waals surface area contributed by atoms with Gasteiger partial charge in [0.25, 0.3) is 0 Å². The number of aliphatic imine (C=N–C) groups is 1. The van der Waals surface area contributed by atoms with E-state index in [2.05, 4.69) is 27.6 Å². The highest BCUT2D eigenvalue weighted by Gasteiger charge is 2.02. The Hall–Kier alpha value is -2.08. The number of benzene rings is 2. The second-order valence-corrected chi connectivity index (χ2v) is 5.69. The van der Waals surface area contributed by atoms with E-state index in [-0.39, 0.29) is 5.75 Å². The van der Waals surface area contributed by atoms with Crippen LogP contribution in [0.2, 0.25) is 0 Å². The van der Waals surface area contributed by atoms with Gasteiger partial charge in [0.15, 0.2) is 0 Å². The minimum Gasteiger partial charge on any atom is -0.508 e. The van der Waals surface area contributed by atoms with Crippen LogP contribution in [0.4, 0.5) is 5.69 Å². The first-order chi connectivity index (χ1) is 10.2. The van der Waals surface area contributed by atoms with Gasteiger partial charge < -0.3 is 9.67 Å². The summed E-state index contributed by atoms with van der Waals surface area (Å²) in [7, 11) is 0. The van der Waals surface area contributed by atoms with Crippen LogP contribution < -0.4 is 0 Å². The van der Waals surface area contributed by atoms with Crippen molar-refractivity contribution in [1.29, 1.82) is 0 Å². The van der Waals surface area contributed by atoms with Gasteiger partial charge in [-0.15, -0.1) is 0 Å². The zero-order valence-electron chi connectivity index (χ0n) is 11.1. The van der Waals surface area contributed by atoms with Crippen LogP contribution in [0, 0.1) is 3.57 Å². The molecular weight excluding hydrogens is 375 g/mol. The predicted molar refractivity (Wildman–Crippen MR) is 93.8 cm³/mol. The molecule has 3 aromatic rings. The van der Waals surface area contributed by atoms with E-state index >= 15 is 0 Å². The monoisotopic (exact) mass is 388 g/mol. The first-order valence-electron chi connectivity index (χ1n) is 6.49. The molecular formula is C17H13IN2O. The van der Waals surface area contributed by atoms with Crippen LogP contribution in [-0.2, 0) is 0 Å². The smallest absolute Gasteiger partial charge is 0.115 e. The van der Waals surface area contributed by atoms with Crippen molar-refractivity contribution >= 4 is 34.5 Å². The molecule has 0 aliphatic rings. The highest BCUT2D eigenvalue weighted by molar-refractivity contribution is 14.1. The molecule has 0 saturated heterocycles. The van der Waals surface area contributed by atoms with E-state index in [4.69, 9.17) is 0 Å². The molecule has 3 nitrogen and oxygen atoms in total. The number of nitrogens with zero attached hydrogens (tertiary/aromatic N) is 2. The van der Waals surface area contributed by atoms with E-state index in [9.17, 15) is 5.11 Å². The maximum Gasteiger partial charge on any atom is 0.115 e. The summed E-state index contributed by atoms with van der Waals surface area (Å²) in [5.41, 5.74) is 2.93. The third kappa shape index (κ3) is 3.16. The summed E-state index contributed by atoms with van der Waals surface area (Å²) in [6.07, 6.45) is 3.83. The Labute approximate surface area is 136 Å². The van der Waals surface area contributed by atoms with Crippen molar-refractivity contribution in [2.24, 2.45) is 4.99 Å². The largest absolute Gasteiger partial charge is 0.508 e. The fraction of sp³-hybridized carbons (Fsp3) is 0. The summed E-state index contributed by atoms with van der Waals surface area (Å²) in [6, 6.07) is 19.1. The predicted octanol–water partition coefficient (Wildman–Crippen LogP) is 4.54.